The summed E-state index contributed by atoms with van der Waals surface area (Å²) < 4.78 is 0. The maximum absolute atomic E-state index is 12.3. The number of nitrogens with one attached hydrogen (secondary N) is 1. The van der Waals surface area contributed by atoms with E-state index in [-0.39, 0.29) is 5.91 Å². The molecule has 0 radical (unpaired) electrons. The Balaban J connectivity index is 1.23. The van der Waals surface area contributed by atoms with Crippen LogP contribution < -0.4 is 5.32 Å². The molecule has 1 aliphatic heterocycles. The average Bonchev–Trinajstić information content (AvgIpc) is 3.37. The Kier molecular flexibility index (Phi) is 6.39. The zero-order valence-corrected chi connectivity index (χ0v) is 17.7. The van der Waals surface area contributed by atoms with Gasteiger partial charge in [-0.05, 0) is 23.6 Å². The molecule has 1 saturated heterocycles. The van der Waals surface area contributed by atoms with Crippen LogP contribution in [-0.2, 0) is 11.3 Å². The molecule has 0 atom stereocenters. The number of anilines is 1. The molecule has 0 saturated carbocycles. The van der Waals surface area contributed by atoms with Gasteiger partial charge in [-0.3, -0.25) is 14.6 Å². The summed E-state index contributed by atoms with van der Waals surface area (Å²) in [5, 5.41) is 10.9. The van der Waals surface area contributed by atoms with E-state index in [0.29, 0.717) is 17.3 Å². The Morgan fingerprint density at radius 1 is 1.11 bits per heavy atom. The molecule has 0 unspecified atom stereocenters. The van der Waals surface area contributed by atoms with Crippen LogP contribution in [0.4, 0.5) is 5.69 Å². The first-order chi connectivity index (χ1) is 13.7. The topological polar surface area (TPSA) is 48.5 Å². The van der Waals surface area contributed by atoms with Crippen LogP contribution in [-0.4, -0.2) is 53.4 Å². The molecule has 4 rings (SSSR count). The van der Waals surface area contributed by atoms with Crippen LogP contribution in [0.25, 0.3) is 10.6 Å². The number of para-hydroxylation sites is 1. The van der Waals surface area contributed by atoms with Gasteiger partial charge in [-0.15, -0.1) is 11.3 Å². The van der Waals surface area contributed by atoms with Crippen molar-refractivity contribution in [2.24, 2.45) is 0 Å². The van der Waals surface area contributed by atoms with Crippen LogP contribution in [0.15, 0.2) is 46.5 Å². The number of halogens is 1. The molecular formula is C20H21ClN4OS2. The van der Waals surface area contributed by atoms with Gasteiger partial charge in [0.05, 0.1) is 22.9 Å². The van der Waals surface area contributed by atoms with Crippen molar-refractivity contribution < 1.29 is 4.79 Å². The molecule has 1 amide bonds. The standard InChI is InChI=1S/C20H21ClN4OS2/c21-17-3-1-2-4-18(17)23-19(26)12-25-8-6-24(7-9-25)11-16-14-28-20(22-16)15-5-10-27-13-15/h1-5,10,13-14H,6-9,11-12H2,(H,23,26). The highest BCUT2D eigenvalue weighted by atomic mass is 35.5. The third-order valence-corrected chi connectivity index (χ3v) is 6.64. The van der Waals surface area contributed by atoms with Crippen molar-refractivity contribution in [1.82, 2.24) is 14.8 Å². The van der Waals surface area contributed by atoms with E-state index in [0.717, 1.165) is 43.4 Å². The smallest absolute Gasteiger partial charge is 0.238 e. The first-order valence-corrected chi connectivity index (χ1v) is 11.3. The molecule has 0 spiro atoms. The van der Waals surface area contributed by atoms with Crippen molar-refractivity contribution in [3.63, 3.8) is 0 Å². The predicted octanol–water partition coefficient (Wildman–Crippen LogP) is 4.28. The number of hydrogen-bond acceptors (Lipinski definition) is 6. The van der Waals surface area contributed by atoms with Gasteiger partial charge in [-0.1, -0.05) is 23.7 Å². The number of aromatic nitrogens is 1. The maximum atomic E-state index is 12.3. The summed E-state index contributed by atoms with van der Waals surface area (Å²) in [7, 11) is 0. The molecule has 0 aliphatic carbocycles. The summed E-state index contributed by atoms with van der Waals surface area (Å²) in [6, 6.07) is 9.42. The number of thiophene rings is 1. The molecule has 28 heavy (non-hydrogen) atoms. The summed E-state index contributed by atoms with van der Waals surface area (Å²) in [6.07, 6.45) is 0. The van der Waals surface area contributed by atoms with Gasteiger partial charge < -0.3 is 5.32 Å². The van der Waals surface area contributed by atoms with Crippen LogP contribution in [0.5, 0.6) is 0 Å². The molecule has 8 heteroatoms. The van der Waals surface area contributed by atoms with Gasteiger partial charge in [0.1, 0.15) is 5.01 Å². The molecule has 5 nitrogen and oxygen atoms in total. The fraction of sp³-hybridized carbons (Fsp3) is 0.300. The van der Waals surface area contributed by atoms with Gasteiger partial charge in [0, 0.05) is 49.0 Å². The summed E-state index contributed by atoms with van der Waals surface area (Å²) in [4.78, 5) is 21.6. The Morgan fingerprint density at radius 2 is 1.89 bits per heavy atom. The lowest BCUT2D eigenvalue weighted by atomic mass is 10.3. The van der Waals surface area contributed by atoms with Crippen molar-refractivity contribution >= 4 is 45.9 Å². The summed E-state index contributed by atoms with van der Waals surface area (Å²) >= 11 is 9.50. The Morgan fingerprint density at radius 3 is 2.64 bits per heavy atom. The molecule has 3 heterocycles. The first-order valence-electron chi connectivity index (χ1n) is 9.13. The van der Waals surface area contributed by atoms with Gasteiger partial charge >= 0.3 is 0 Å². The minimum atomic E-state index is -0.0264. The second-order valence-electron chi connectivity index (χ2n) is 6.74. The molecule has 1 aromatic carbocycles. The number of hydrogen-bond donors (Lipinski definition) is 1. The quantitative estimate of drug-likeness (QED) is 0.631. The SMILES string of the molecule is O=C(CN1CCN(Cc2csc(-c3ccsc3)n2)CC1)Nc1ccccc1Cl. The lowest BCUT2D eigenvalue weighted by molar-refractivity contribution is -0.117. The van der Waals surface area contributed by atoms with Gasteiger partial charge in [0.2, 0.25) is 5.91 Å². The van der Waals surface area contributed by atoms with Crippen LogP contribution in [0, 0.1) is 0 Å². The lowest BCUT2D eigenvalue weighted by Crippen LogP contribution is -2.48. The van der Waals surface area contributed by atoms with Crippen LogP contribution in [0.1, 0.15) is 5.69 Å². The van der Waals surface area contributed by atoms with E-state index in [9.17, 15) is 4.79 Å². The van der Waals surface area contributed by atoms with Crippen molar-refractivity contribution in [3.05, 3.63) is 57.2 Å². The van der Waals surface area contributed by atoms with Gasteiger partial charge in [0.25, 0.3) is 0 Å². The molecule has 1 N–H and O–H groups in total. The van der Waals surface area contributed by atoms with Crippen LogP contribution in [0.3, 0.4) is 0 Å². The minimum Gasteiger partial charge on any atom is -0.324 e. The molecular weight excluding hydrogens is 412 g/mol. The monoisotopic (exact) mass is 432 g/mol. The third-order valence-electron chi connectivity index (χ3n) is 4.69. The molecule has 2 aromatic heterocycles. The van der Waals surface area contributed by atoms with E-state index < -0.39 is 0 Å². The Hall–Kier alpha value is -1.77. The number of nitrogens with zero attached hydrogens (tertiary/aromatic N) is 3. The fourth-order valence-electron chi connectivity index (χ4n) is 3.19. The third kappa shape index (κ3) is 4.98. The van der Waals surface area contributed by atoms with Gasteiger partial charge in [-0.25, -0.2) is 4.98 Å². The summed E-state index contributed by atoms with van der Waals surface area (Å²) in [6.45, 7) is 4.86. The van der Waals surface area contributed by atoms with E-state index in [1.807, 2.05) is 18.2 Å². The fourth-order valence-corrected chi connectivity index (χ4v) is 4.89. The highest BCUT2D eigenvalue weighted by Gasteiger charge is 2.20. The molecule has 146 valence electrons. The molecule has 3 aromatic rings. The highest BCUT2D eigenvalue weighted by Crippen LogP contribution is 2.26. The maximum Gasteiger partial charge on any atom is 0.238 e. The average molecular weight is 433 g/mol. The number of benzene rings is 1. The van der Waals surface area contributed by atoms with E-state index in [1.165, 1.54) is 5.56 Å². The predicted molar refractivity (Wildman–Crippen MR) is 117 cm³/mol. The molecule has 1 aliphatic rings. The van der Waals surface area contributed by atoms with E-state index >= 15 is 0 Å². The van der Waals surface area contributed by atoms with Gasteiger partial charge in [-0.2, -0.15) is 11.3 Å². The summed E-state index contributed by atoms with van der Waals surface area (Å²) in [5.41, 5.74) is 2.99. The largest absolute Gasteiger partial charge is 0.324 e. The van der Waals surface area contributed by atoms with E-state index in [1.54, 1.807) is 28.7 Å². The Bertz CT molecular complexity index is 920. The van der Waals surface area contributed by atoms with Crippen molar-refractivity contribution in [3.8, 4) is 10.6 Å². The molecule has 1 fully saturated rings. The lowest BCUT2D eigenvalue weighted by Gasteiger charge is -2.33. The van der Waals surface area contributed by atoms with E-state index in [4.69, 9.17) is 16.6 Å². The number of carbonyl (C=O) groups is 1. The Labute approximate surface area is 177 Å². The summed E-state index contributed by atoms with van der Waals surface area (Å²) in [5.74, 6) is -0.0264. The van der Waals surface area contributed by atoms with Crippen LogP contribution in [0.2, 0.25) is 5.02 Å². The number of amides is 1. The first kappa shape index (κ1) is 19.5. The zero-order chi connectivity index (χ0) is 19.3. The highest BCUT2D eigenvalue weighted by molar-refractivity contribution is 7.14. The molecule has 0 bridgehead atoms. The van der Waals surface area contributed by atoms with E-state index in [2.05, 4.69) is 37.3 Å². The number of carbonyl (C=O) groups excluding carboxylic acids is 1. The van der Waals surface area contributed by atoms with Crippen molar-refractivity contribution in [2.75, 3.05) is 38.0 Å². The van der Waals surface area contributed by atoms with Crippen LogP contribution >= 0.6 is 34.3 Å². The normalized spacial score (nSPS) is 15.6. The number of thiazole rings is 1. The minimum absolute atomic E-state index is 0.0264. The zero-order valence-electron chi connectivity index (χ0n) is 15.3. The van der Waals surface area contributed by atoms with Crippen molar-refractivity contribution in [1.29, 1.82) is 0 Å². The number of rotatable bonds is 6. The number of piperazine rings is 1. The second-order valence-corrected chi connectivity index (χ2v) is 8.78. The van der Waals surface area contributed by atoms with Gasteiger partial charge in [0.15, 0.2) is 0 Å². The van der Waals surface area contributed by atoms with Crippen molar-refractivity contribution in [2.45, 2.75) is 6.54 Å². The second kappa shape index (κ2) is 9.15.